The zero-order valence-corrected chi connectivity index (χ0v) is 24.3. The van der Waals surface area contributed by atoms with Gasteiger partial charge in [0, 0.05) is 45.9 Å². The van der Waals surface area contributed by atoms with Crippen molar-refractivity contribution in [3.8, 4) is 0 Å². The number of anilines is 1. The molecule has 3 aromatic rings. The normalized spacial score (nSPS) is 17.0. The van der Waals surface area contributed by atoms with Crippen molar-refractivity contribution in [3.05, 3.63) is 68.4 Å². The van der Waals surface area contributed by atoms with Crippen LogP contribution in [0.3, 0.4) is 0 Å². The second-order valence-corrected chi connectivity index (χ2v) is 10.7. The summed E-state index contributed by atoms with van der Waals surface area (Å²) in [4.78, 5) is 43.8. The molecule has 1 unspecified atom stereocenters. The first-order chi connectivity index (χ1) is 20.5. The van der Waals surface area contributed by atoms with Gasteiger partial charge in [-0.2, -0.15) is 18.2 Å². The minimum absolute atomic E-state index is 0.0449. The average Bonchev–Trinajstić information content (AvgIpc) is 3.63. The summed E-state index contributed by atoms with van der Waals surface area (Å²) in [6.45, 7) is 9.38. The lowest BCUT2D eigenvalue weighted by Crippen LogP contribution is -2.44. The minimum atomic E-state index is -5.08. The van der Waals surface area contributed by atoms with E-state index in [0.29, 0.717) is 43.8 Å². The molecule has 1 atom stereocenters. The fourth-order valence-electron chi connectivity index (χ4n) is 5.07. The van der Waals surface area contributed by atoms with Crippen molar-refractivity contribution < 1.29 is 27.8 Å². The number of ether oxygens (including phenoxy) is 1. The summed E-state index contributed by atoms with van der Waals surface area (Å²) < 4.78 is 42.7. The van der Waals surface area contributed by atoms with Gasteiger partial charge in [-0.05, 0) is 38.7 Å². The Kier molecular flexibility index (Phi) is 10.5. The van der Waals surface area contributed by atoms with Crippen LogP contribution < -0.4 is 21.5 Å². The number of nitrogens with one attached hydrogen (secondary N) is 1. The monoisotopic (exact) mass is 606 g/mol. The highest BCUT2D eigenvalue weighted by Gasteiger charge is 2.38. The molecular formula is C29H37F3N6O5. The molecule has 0 amide bonds. The number of imidazole rings is 1. The van der Waals surface area contributed by atoms with Gasteiger partial charge in [-0.25, -0.2) is 9.59 Å². The van der Waals surface area contributed by atoms with Gasteiger partial charge in [-0.1, -0.05) is 42.0 Å². The van der Waals surface area contributed by atoms with Crippen molar-refractivity contribution in [2.75, 3.05) is 37.7 Å². The number of hydrogen-bond acceptors (Lipinski definition) is 7. The van der Waals surface area contributed by atoms with Gasteiger partial charge < -0.3 is 24.6 Å². The van der Waals surface area contributed by atoms with E-state index in [1.807, 2.05) is 34.9 Å². The predicted octanol–water partition coefficient (Wildman–Crippen LogP) is 2.79. The number of aliphatic carboxylic acids is 1. The second kappa shape index (κ2) is 14.0. The molecule has 0 spiro atoms. The summed E-state index contributed by atoms with van der Waals surface area (Å²) in [6.07, 6.45) is -0.529. The van der Waals surface area contributed by atoms with Crippen molar-refractivity contribution in [1.29, 1.82) is 0 Å². The fourth-order valence-corrected chi connectivity index (χ4v) is 5.07. The van der Waals surface area contributed by atoms with Gasteiger partial charge >= 0.3 is 17.8 Å². The van der Waals surface area contributed by atoms with Gasteiger partial charge in [-0.15, -0.1) is 0 Å². The van der Waals surface area contributed by atoms with E-state index < -0.39 is 12.1 Å². The molecular weight excluding hydrogens is 569 g/mol. The van der Waals surface area contributed by atoms with Crippen LogP contribution in [0.5, 0.6) is 0 Å². The van der Waals surface area contributed by atoms with Crippen LogP contribution >= 0.6 is 0 Å². The molecule has 2 fully saturated rings. The Hall–Kier alpha value is -3.91. The molecule has 2 N–H and O–H groups in total. The van der Waals surface area contributed by atoms with Gasteiger partial charge in [-0.3, -0.25) is 13.9 Å². The first-order valence-electron chi connectivity index (χ1n) is 14.3. The van der Waals surface area contributed by atoms with Gasteiger partial charge in [0.1, 0.15) is 0 Å². The molecule has 234 valence electrons. The fraction of sp³-hybridized carbons (Fsp3) is 0.517. The average molecular weight is 607 g/mol. The van der Waals surface area contributed by atoms with Gasteiger partial charge in [0.05, 0.1) is 12.6 Å². The lowest BCUT2D eigenvalue weighted by Gasteiger charge is -2.28. The SMILES string of the molecule is CC(C)=CCn1c(N2CCNCC2)nc2c1c(=O)n(CCc1ccccc1)c(=O)n2CC1CCCO1.O=C(O)C(F)(F)F. The molecule has 11 nitrogen and oxygen atoms in total. The molecule has 4 heterocycles. The van der Waals surface area contributed by atoms with Crippen molar-refractivity contribution in [3.63, 3.8) is 0 Å². The molecule has 14 heteroatoms. The lowest BCUT2D eigenvalue weighted by atomic mass is 10.1. The summed E-state index contributed by atoms with van der Waals surface area (Å²) in [5.74, 6) is -2.00. The van der Waals surface area contributed by atoms with Crippen LogP contribution in [-0.2, 0) is 35.6 Å². The van der Waals surface area contributed by atoms with Gasteiger partial charge in [0.15, 0.2) is 11.2 Å². The van der Waals surface area contributed by atoms with Crippen molar-refractivity contribution in [2.45, 2.75) is 65.0 Å². The van der Waals surface area contributed by atoms with Crippen LogP contribution in [0.15, 0.2) is 51.6 Å². The third-order valence-electron chi connectivity index (χ3n) is 7.30. The molecule has 2 saturated heterocycles. The molecule has 0 radical (unpaired) electrons. The molecule has 2 aliphatic heterocycles. The van der Waals surface area contributed by atoms with E-state index in [4.69, 9.17) is 19.6 Å². The number of aromatic nitrogens is 4. The second-order valence-electron chi connectivity index (χ2n) is 10.7. The zero-order valence-electron chi connectivity index (χ0n) is 24.3. The minimum Gasteiger partial charge on any atom is -0.475 e. The number of carboxylic acid groups (broad SMARTS) is 1. The van der Waals surface area contributed by atoms with Crippen LogP contribution in [0.2, 0.25) is 0 Å². The molecule has 43 heavy (non-hydrogen) atoms. The van der Waals surface area contributed by atoms with Crippen molar-refractivity contribution in [2.24, 2.45) is 0 Å². The van der Waals surface area contributed by atoms with E-state index in [1.165, 1.54) is 10.1 Å². The summed E-state index contributed by atoms with van der Waals surface area (Å²) in [5, 5.41) is 10.5. The number of carboxylic acids is 1. The Morgan fingerprint density at radius 3 is 2.37 bits per heavy atom. The number of nitrogens with zero attached hydrogens (tertiary/aromatic N) is 5. The van der Waals surface area contributed by atoms with E-state index in [9.17, 15) is 22.8 Å². The van der Waals surface area contributed by atoms with Gasteiger partial charge in [0.25, 0.3) is 5.56 Å². The highest BCUT2D eigenvalue weighted by Crippen LogP contribution is 2.23. The van der Waals surface area contributed by atoms with Crippen molar-refractivity contribution >= 4 is 23.1 Å². The number of piperazine rings is 1. The number of rotatable bonds is 8. The van der Waals surface area contributed by atoms with E-state index >= 15 is 0 Å². The Balaban J connectivity index is 0.000000541. The summed E-state index contributed by atoms with van der Waals surface area (Å²) in [7, 11) is 0. The number of allylic oxidation sites excluding steroid dienone is 2. The number of hydrogen-bond donors (Lipinski definition) is 2. The molecule has 5 rings (SSSR count). The summed E-state index contributed by atoms with van der Waals surface area (Å²) in [6, 6.07) is 9.97. The maximum atomic E-state index is 13.9. The van der Waals surface area contributed by atoms with Crippen LogP contribution in [-0.4, -0.2) is 74.8 Å². The van der Waals surface area contributed by atoms with E-state index in [-0.39, 0.29) is 17.4 Å². The number of alkyl halides is 3. The number of fused-ring (bicyclic) bond motifs is 1. The van der Waals surface area contributed by atoms with Crippen LogP contribution in [0.1, 0.15) is 32.3 Å². The van der Waals surface area contributed by atoms with Crippen LogP contribution in [0.25, 0.3) is 11.2 Å². The van der Waals surface area contributed by atoms with Crippen LogP contribution in [0.4, 0.5) is 19.1 Å². The highest BCUT2D eigenvalue weighted by atomic mass is 19.4. The maximum Gasteiger partial charge on any atom is 0.490 e. The molecule has 0 aliphatic carbocycles. The van der Waals surface area contributed by atoms with Gasteiger partial charge in [0.2, 0.25) is 5.95 Å². The molecule has 0 saturated carbocycles. The summed E-state index contributed by atoms with van der Waals surface area (Å²) >= 11 is 0. The lowest BCUT2D eigenvalue weighted by molar-refractivity contribution is -0.192. The number of aryl methyl sites for hydroxylation is 1. The number of halogens is 3. The summed E-state index contributed by atoms with van der Waals surface area (Å²) in [5.41, 5.74) is 2.64. The largest absolute Gasteiger partial charge is 0.490 e. The standard InChI is InChI=1S/C27H36N6O3.C2HF3O2/c1-20(2)10-14-31-23-24(29-26(31)30-16-12-28-13-17-30)33(19-22-9-6-18-36-22)27(35)32(25(23)34)15-11-21-7-4-3-5-8-21;3-2(4,5)1(6)7/h3-5,7-8,10,22,28H,6,9,11-19H2,1-2H3;(H,6,7). The maximum absolute atomic E-state index is 13.9. The van der Waals surface area contributed by atoms with E-state index in [2.05, 4.69) is 30.1 Å². The quantitative estimate of drug-likeness (QED) is 0.376. The first-order valence-corrected chi connectivity index (χ1v) is 14.3. The van der Waals surface area contributed by atoms with Crippen molar-refractivity contribution in [1.82, 2.24) is 24.0 Å². The highest BCUT2D eigenvalue weighted by molar-refractivity contribution is 5.75. The molecule has 0 bridgehead atoms. The third kappa shape index (κ3) is 7.93. The Morgan fingerprint density at radius 1 is 1.12 bits per heavy atom. The van der Waals surface area contributed by atoms with E-state index in [1.54, 1.807) is 4.57 Å². The van der Waals surface area contributed by atoms with Crippen LogP contribution in [0, 0.1) is 0 Å². The smallest absolute Gasteiger partial charge is 0.475 e. The third-order valence-corrected chi connectivity index (χ3v) is 7.30. The topological polar surface area (TPSA) is 124 Å². The predicted molar refractivity (Wildman–Crippen MR) is 156 cm³/mol. The Morgan fingerprint density at radius 2 is 1.79 bits per heavy atom. The van der Waals surface area contributed by atoms with E-state index in [0.717, 1.165) is 50.5 Å². The Labute approximate surface area is 246 Å². The number of carbonyl (C=O) groups is 1. The molecule has 1 aromatic carbocycles. The molecule has 2 aliphatic rings. The number of benzene rings is 1. The molecule has 2 aromatic heterocycles. The Bertz CT molecular complexity index is 1550. The first kappa shape index (κ1) is 32.0. The zero-order chi connectivity index (χ0) is 31.1.